The molecule has 3 unspecified atom stereocenters. The molecule has 2 aliphatic rings. The van der Waals surface area contributed by atoms with Gasteiger partial charge in [0, 0.05) is 12.6 Å². The van der Waals surface area contributed by atoms with Crippen molar-refractivity contribution in [1.82, 2.24) is 10.6 Å². The van der Waals surface area contributed by atoms with E-state index in [-0.39, 0.29) is 24.7 Å². The normalized spacial score (nSPS) is 27.3. The zero-order valence-electron chi connectivity index (χ0n) is 14.0. The maximum Gasteiger partial charge on any atom is 0.246 e. The lowest BCUT2D eigenvalue weighted by molar-refractivity contribution is -0.129. The van der Waals surface area contributed by atoms with Crippen LogP contribution in [0.25, 0.3) is 0 Å². The SMILES string of the molecule is CC1CCCCC1OCC(=O)NCC1NCCc2ccccc21. The van der Waals surface area contributed by atoms with E-state index in [1.165, 1.54) is 30.4 Å². The van der Waals surface area contributed by atoms with Crippen LogP contribution in [0, 0.1) is 5.92 Å². The molecular weight excluding hydrogens is 288 g/mol. The van der Waals surface area contributed by atoms with Gasteiger partial charge in [0.2, 0.25) is 5.91 Å². The summed E-state index contributed by atoms with van der Waals surface area (Å²) in [7, 11) is 0. The van der Waals surface area contributed by atoms with E-state index in [1.807, 2.05) is 0 Å². The van der Waals surface area contributed by atoms with Crippen LogP contribution in [0.3, 0.4) is 0 Å². The fraction of sp³-hybridized carbons (Fsp3) is 0.632. The van der Waals surface area contributed by atoms with E-state index < -0.39 is 0 Å². The number of amides is 1. The van der Waals surface area contributed by atoms with E-state index in [1.54, 1.807) is 0 Å². The van der Waals surface area contributed by atoms with Gasteiger partial charge in [0.05, 0.1) is 6.10 Å². The quantitative estimate of drug-likeness (QED) is 0.878. The van der Waals surface area contributed by atoms with Gasteiger partial charge in [-0.15, -0.1) is 0 Å². The first kappa shape index (κ1) is 16.5. The van der Waals surface area contributed by atoms with Crippen molar-refractivity contribution in [2.75, 3.05) is 19.7 Å². The highest BCUT2D eigenvalue weighted by Crippen LogP contribution is 2.26. The topological polar surface area (TPSA) is 50.4 Å². The van der Waals surface area contributed by atoms with Gasteiger partial charge in [0.15, 0.2) is 0 Å². The largest absolute Gasteiger partial charge is 0.368 e. The molecule has 2 N–H and O–H groups in total. The third-order valence-electron chi connectivity index (χ3n) is 5.18. The Kier molecular flexibility index (Phi) is 5.68. The molecule has 1 aliphatic carbocycles. The first-order valence-corrected chi connectivity index (χ1v) is 8.93. The molecule has 0 spiro atoms. The number of nitrogens with one attached hydrogen (secondary N) is 2. The Morgan fingerprint density at radius 1 is 1.30 bits per heavy atom. The predicted octanol–water partition coefficient (Wildman–Crippen LogP) is 2.58. The molecule has 3 atom stereocenters. The molecule has 1 heterocycles. The van der Waals surface area contributed by atoms with Gasteiger partial charge in [-0.05, 0) is 42.9 Å². The van der Waals surface area contributed by atoms with Crippen LogP contribution in [0.4, 0.5) is 0 Å². The van der Waals surface area contributed by atoms with Crippen LogP contribution in [0.5, 0.6) is 0 Å². The minimum absolute atomic E-state index is 0.00683. The zero-order chi connectivity index (χ0) is 16.1. The van der Waals surface area contributed by atoms with E-state index in [0.29, 0.717) is 12.5 Å². The smallest absolute Gasteiger partial charge is 0.246 e. The van der Waals surface area contributed by atoms with Crippen molar-refractivity contribution in [2.45, 2.75) is 51.2 Å². The van der Waals surface area contributed by atoms with E-state index in [9.17, 15) is 4.79 Å². The van der Waals surface area contributed by atoms with Crippen LogP contribution in [-0.2, 0) is 16.0 Å². The number of carbonyl (C=O) groups excluding carboxylic acids is 1. The molecule has 0 bridgehead atoms. The highest BCUT2D eigenvalue weighted by Gasteiger charge is 2.23. The van der Waals surface area contributed by atoms with E-state index in [0.717, 1.165) is 19.4 Å². The van der Waals surface area contributed by atoms with Crippen LogP contribution >= 0.6 is 0 Å². The summed E-state index contributed by atoms with van der Waals surface area (Å²) in [5.41, 5.74) is 2.69. The lowest BCUT2D eigenvalue weighted by Gasteiger charge is -2.29. The van der Waals surface area contributed by atoms with Gasteiger partial charge >= 0.3 is 0 Å². The number of benzene rings is 1. The molecule has 0 saturated heterocycles. The van der Waals surface area contributed by atoms with Crippen LogP contribution in [0.1, 0.15) is 49.8 Å². The maximum absolute atomic E-state index is 12.1. The highest BCUT2D eigenvalue weighted by atomic mass is 16.5. The van der Waals surface area contributed by atoms with Crippen molar-refractivity contribution in [1.29, 1.82) is 0 Å². The second-order valence-electron chi connectivity index (χ2n) is 6.87. The molecule has 23 heavy (non-hydrogen) atoms. The van der Waals surface area contributed by atoms with Crippen LogP contribution < -0.4 is 10.6 Å². The summed E-state index contributed by atoms with van der Waals surface area (Å²) < 4.78 is 5.83. The van der Waals surface area contributed by atoms with E-state index in [4.69, 9.17) is 4.74 Å². The Hall–Kier alpha value is -1.39. The molecule has 1 amide bonds. The molecule has 1 aromatic rings. The van der Waals surface area contributed by atoms with Gasteiger partial charge in [0.1, 0.15) is 6.61 Å². The molecule has 1 aromatic carbocycles. The molecule has 0 radical (unpaired) electrons. The second-order valence-corrected chi connectivity index (χ2v) is 6.87. The summed E-state index contributed by atoms with van der Waals surface area (Å²) in [6.07, 6.45) is 6.13. The Labute approximate surface area is 139 Å². The summed E-state index contributed by atoms with van der Waals surface area (Å²) in [6.45, 7) is 4.00. The summed E-state index contributed by atoms with van der Waals surface area (Å²) in [5, 5.41) is 6.51. The molecule has 4 heteroatoms. The molecule has 1 aliphatic heterocycles. The van der Waals surface area contributed by atoms with Crippen LogP contribution in [0.15, 0.2) is 24.3 Å². The number of rotatable bonds is 5. The summed E-state index contributed by atoms with van der Waals surface area (Å²) >= 11 is 0. The number of hydrogen-bond acceptors (Lipinski definition) is 3. The predicted molar refractivity (Wildman–Crippen MR) is 91.3 cm³/mol. The van der Waals surface area contributed by atoms with Crippen molar-refractivity contribution >= 4 is 5.91 Å². The number of carbonyl (C=O) groups is 1. The van der Waals surface area contributed by atoms with Crippen molar-refractivity contribution in [3.05, 3.63) is 35.4 Å². The molecular formula is C19H28N2O2. The van der Waals surface area contributed by atoms with Gasteiger partial charge in [-0.1, -0.05) is 44.0 Å². The molecule has 1 saturated carbocycles. The van der Waals surface area contributed by atoms with Crippen molar-refractivity contribution in [2.24, 2.45) is 5.92 Å². The lowest BCUT2D eigenvalue weighted by Crippen LogP contribution is -2.40. The lowest BCUT2D eigenvalue weighted by atomic mass is 9.88. The number of fused-ring (bicyclic) bond motifs is 1. The standard InChI is InChI=1S/C19H28N2O2/c1-14-6-2-5-9-18(14)23-13-19(22)21-12-17-16-8-4-3-7-15(16)10-11-20-17/h3-4,7-8,14,17-18,20H,2,5-6,9-13H2,1H3,(H,21,22). The Morgan fingerprint density at radius 2 is 2.13 bits per heavy atom. The average Bonchev–Trinajstić information content (AvgIpc) is 2.59. The third kappa shape index (κ3) is 4.33. The monoisotopic (exact) mass is 316 g/mol. The molecule has 3 rings (SSSR count). The van der Waals surface area contributed by atoms with Gasteiger partial charge in [-0.2, -0.15) is 0 Å². The Bertz CT molecular complexity index is 532. The van der Waals surface area contributed by atoms with Crippen molar-refractivity contribution in [3.8, 4) is 0 Å². The number of hydrogen-bond donors (Lipinski definition) is 2. The second kappa shape index (κ2) is 7.93. The minimum Gasteiger partial charge on any atom is -0.368 e. The third-order valence-corrected chi connectivity index (χ3v) is 5.18. The summed E-state index contributed by atoms with van der Waals surface area (Å²) in [4.78, 5) is 12.1. The van der Waals surface area contributed by atoms with E-state index >= 15 is 0 Å². The Balaban J connectivity index is 1.44. The first-order chi connectivity index (χ1) is 11.2. The number of ether oxygens (including phenoxy) is 1. The van der Waals surface area contributed by atoms with Gasteiger partial charge in [-0.25, -0.2) is 0 Å². The molecule has 0 aromatic heterocycles. The van der Waals surface area contributed by atoms with Crippen LogP contribution in [-0.4, -0.2) is 31.7 Å². The van der Waals surface area contributed by atoms with Crippen LogP contribution in [0.2, 0.25) is 0 Å². The fourth-order valence-electron chi connectivity index (χ4n) is 3.75. The Morgan fingerprint density at radius 3 is 3.00 bits per heavy atom. The van der Waals surface area contributed by atoms with Gasteiger partial charge in [0.25, 0.3) is 0 Å². The van der Waals surface area contributed by atoms with Gasteiger partial charge in [-0.3, -0.25) is 4.79 Å². The van der Waals surface area contributed by atoms with E-state index in [2.05, 4.69) is 41.8 Å². The van der Waals surface area contributed by atoms with Crippen molar-refractivity contribution < 1.29 is 9.53 Å². The molecule has 1 fully saturated rings. The minimum atomic E-state index is -0.00683. The zero-order valence-corrected chi connectivity index (χ0v) is 14.0. The van der Waals surface area contributed by atoms with Gasteiger partial charge < -0.3 is 15.4 Å². The first-order valence-electron chi connectivity index (χ1n) is 8.93. The van der Waals surface area contributed by atoms with Crippen molar-refractivity contribution in [3.63, 3.8) is 0 Å². The summed E-state index contributed by atoms with van der Waals surface area (Å²) in [6, 6.07) is 8.68. The average molecular weight is 316 g/mol. The molecule has 126 valence electrons. The molecule has 4 nitrogen and oxygen atoms in total. The highest BCUT2D eigenvalue weighted by molar-refractivity contribution is 5.77. The maximum atomic E-state index is 12.1. The fourth-order valence-corrected chi connectivity index (χ4v) is 3.75. The summed E-state index contributed by atoms with van der Waals surface area (Å²) in [5.74, 6) is 0.566.